The SMILES string of the molecule is Cc1cc(S(=O)(=O)Nc2ccc(S(=O)(=O)NC(C)C)cc2)sc1C(=O)O. The van der Waals surface area contributed by atoms with Gasteiger partial charge in [-0.25, -0.2) is 26.4 Å². The van der Waals surface area contributed by atoms with E-state index in [9.17, 15) is 21.6 Å². The molecule has 0 saturated carbocycles. The highest BCUT2D eigenvalue weighted by atomic mass is 32.2. The topological polar surface area (TPSA) is 130 Å². The van der Waals surface area contributed by atoms with Gasteiger partial charge in [-0.1, -0.05) is 0 Å². The maximum absolute atomic E-state index is 12.4. The number of aryl methyl sites for hydroxylation is 1. The highest BCUT2D eigenvalue weighted by molar-refractivity contribution is 7.94. The summed E-state index contributed by atoms with van der Waals surface area (Å²) in [6.07, 6.45) is 0. The third kappa shape index (κ3) is 4.61. The summed E-state index contributed by atoms with van der Waals surface area (Å²) in [4.78, 5) is 11.0. The van der Waals surface area contributed by atoms with E-state index in [0.29, 0.717) is 16.9 Å². The quantitative estimate of drug-likeness (QED) is 0.632. The van der Waals surface area contributed by atoms with Gasteiger partial charge in [0.1, 0.15) is 9.09 Å². The first-order valence-corrected chi connectivity index (χ1v) is 11.2. The summed E-state index contributed by atoms with van der Waals surface area (Å²) in [6, 6.07) is 6.22. The van der Waals surface area contributed by atoms with Crippen LogP contribution in [0.4, 0.5) is 5.69 Å². The summed E-state index contributed by atoms with van der Waals surface area (Å²) in [5.41, 5.74) is 0.514. The maximum Gasteiger partial charge on any atom is 0.346 e. The fourth-order valence-corrected chi connectivity index (χ4v) is 5.77. The second-order valence-corrected chi connectivity index (χ2v) is 10.5. The summed E-state index contributed by atoms with van der Waals surface area (Å²) in [5.74, 6) is -1.19. The van der Waals surface area contributed by atoms with Gasteiger partial charge in [0.15, 0.2) is 0 Å². The van der Waals surface area contributed by atoms with E-state index >= 15 is 0 Å². The van der Waals surface area contributed by atoms with Gasteiger partial charge in [0.05, 0.1) is 4.90 Å². The van der Waals surface area contributed by atoms with Crippen LogP contribution >= 0.6 is 11.3 Å². The second-order valence-electron chi connectivity index (χ2n) is 5.79. The molecule has 0 aliphatic rings. The Hall–Kier alpha value is -1.95. The third-order valence-corrected chi connectivity index (χ3v) is 7.92. The largest absolute Gasteiger partial charge is 0.477 e. The molecule has 0 spiro atoms. The van der Waals surface area contributed by atoms with Gasteiger partial charge >= 0.3 is 5.97 Å². The van der Waals surface area contributed by atoms with Crippen LogP contribution in [0.5, 0.6) is 0 Å². The Balaban J connectivity index is 2.25. The second kappa shape index (κ2) is 7.35. The maximum atomic E-state index is 12.4. The molecular weight excluding hydrogens is 400 g/mol. The number of hydrogen-bond acceptors (Lipinski definition) is 6. The van der Waals surface area contributed by atoms with Crippen molar-refractivity contribution in [1.82, 2.24) is 4.72 Å². The van der Waals surface area contributed by atoms with Crippen molar-refractivity contribution in [1.29, 1.82) is 0 Å². The normalized spacial score (nSPS) is 12.3. The fraction of sp³-hybridized carbons (Fsp3) is 0.267. The Morgan fingerprint density at radius 3 is 2.12 bits per heavy atom. The number of aromatic carboxylic acids is 1. The van der Waals surface area contributed by atoms with Crippen molar-refractivity contribution >= 4 is 43.0 Å². The first-order chi connectivity index (χ1) is 11.9. The van der Waals surface area contributed by atoms with Crippen molar-refractivity contribution in [2.24, 2.45) is 0 Å². The number of carboxylic acids is 1. The zero-order chi connectivity index (χ0) is 19.7. The van der Waals surface area contributed by atoms with Crippen LogP contribution in [-0.2, 0) is 20.0 Å². The summed E-state index contributed by atoms with van der Waals surface area (Å²) >= 11 is 0.652. The van der Waals surface area contributed by atoms with Gasteiger partial charge in [-0.2, -0.15) is 0 Å². The highest BCUT2D eigenvalue weighted by Gasteiger charge is 2.22. The van der Waals surface area contributed by atoms with Crippen molar-refractivity contribution in [2.75, 3.05) is 4.72 Å². The van der Waals surface area contributed by atoms with Gasteiger partial charge in [-0.05, 0) is 56.7 Å². The molecule has 0 amide bonds. The highest BCUT2D eigenvalue weighted by Crippen LogP contribution is 2.28. The summed E-state index contributed by atoms with van der Waals surface area (Å²) < 4.78 is 53.5. The van der Waals surface area contributed by atoms with E-state index in [1.54, 1.807) is 13.8 Å². The minimum atomic E-state index is -3.98. The number of benzene rings is 1. The van der Waals surface area contributed by atoms with Gasteiger partial charge in [-0.3, -0.25) is 4.72 Å². The molecular formula is C15H18N2O6S3. The Morgan fingerprint density at radius 1 is 1.08 bits per heavy atom. The van der Waals surface area contributed by atoms with E-state index in [2.05, 4.69) is 9.44 Å². The van der Waals surface area contributed by atoms with Gasteiger partial charge in [0.25, 0.3) is 10.0 Å². The number of nitrogens with one attached hydrogen (secondary N) is 2. The molecule has 0 fully saturated rings. The molecule has 11 heteroatoms. The van der Waals surface area contributed by atoms with E-state index < -0.39 is 26.0 Å². The van der Waals surface area contributed by atoms with Crippen molar-refractivity contribution in [2.45, 2.75) is 35.9 Å². The van der Waals surface area contributed by atoms with Crippen molar-refractivity contribution in [3.63, 3.8) is 0 Å². The van der Waals surface area contributed by atoms with Crippen LogP contribution in [0.1, 0.15) is 29.1 Å². The van der Waals surface area contributed by atoms with Crippen LogP contribution in [0, 0.1) is 6.92 Å². The molecule has 0 atom stereocenters. The lowest BCUT2D eigenvalue weighted by molar-refractivity contribution is 0.0701. The van der Waals surface area contributed by atoms with Gasteiger partial charge in [0.2, 0.25) is 10.0 Å². The first kappa shape index (κ1) is 20.4. The Labute approximate surface area is 156 Å². The Morgan fingerprint density at radius 2 is 1.65 bits per heavy atom. The number of carboxylic acid groups (broad SMARTS) is 1. The molecule has 0 saturated heterocycles. The molecule has 2 aromatic rings. The predicted octanol–water partition coefficient (Wildman–Crippen LogP) is 2.24. The molecule has 0 bridgehead atoms. The molecule has 0 radical (unpaired) electrons. The molecule has 142 valence electrons. The molecule has 1 aromatic carbocycles. The van der Waals surface area contributed by atoms with Crippen LogP contribution in [0.2, 0.25) is 0 Å². The lowest BCUT2D eigenvalue weighted by Gasteiger charge is -2.10. The van der Waals surface area contributed by atoms with E-state index in [-0.39, 0.29) is 25.7 Å². The minimum absolute atomic E-state index is 0.00859. The zero-order valence-corrected chi connectivity index (χ0v) is 16.6. The third-order valence-electron chi connectivity index (χ3n) is 3.16. The van der Waals surface area contributed by atoms with Crippen LogP contribution in [0.15, 0.2) is 39.4 Å². The average Bonchev–Trinajstić information content (AvgIpc) is 2.89. The minimum Gasteiger partial charge on any atom is -0.477 e. The van der Waals surface area contributed by atoms with Crippen LogP contribution < -0.4 is 9.44 Å². The Kier molecular flexibility index (Phi) is 5.76. The molecule has 26 heavy (non-hydrogen) atoms. The summed E-state index contributed by atoms with van der Waals surface area (Å²) in [7, 11) is -7.65. The van der Waals surface area contributed by atoms with Gasteiger partial charge in [-0.15, -0.1) is 11.3 Å². The molecule has 0 aliphatic heterocycles. The monoisotopic (exact) mass is 418 g/mol. The van der Waals surface area contributed by atoms with E-state index in [1.165, 1.54) is 37.3 Å². The number of thiophene rings is 1. The lowest BCUT2D eigenvalue weighted by atomic mass is 10.3. The van der Waals surface area contributed by atoms with Crippen LogP contribution in [0.25, 0.3) is 0 Å². The first-order valence-electron chi connectivity index (χ1n) is 7.41. The number of hydrogen-bond donors (Lipinski definition) is 3. The molecule has 8 nitrogen and oxygen atoms in total. The summed E-state index contributed by atoms with van der Waals surface area (Å²) in [6.45, 7) is 4.89. The molecule has 0 unspecified atom stereocenters. The molecule has 1 heterocycles. The molecule has 0 aliphatic carbocycles. The number of carbonyl (C=O) groups is 1. The smallest absolute Gasteiger partial charge is 0.346 e. The molecule has 1 aromatic heterocycles. The number of anilines is 1. The number of sulfonamides is 2. The average molecular weight is 419 g/mol. The standard InChI is InChI=1S/C15H18N2O6S3/c1-9(2)16-25(20,21)12-6-4-11(5-7-12)17-26(22,23)13-8-10(3)14(24-13)15(18)19/h4-9,16-17H,1-3H3,(H,18,19). The van der Waals surface area contributed by atoms with Crippen molar-refractivity contribution < 1.29 is 26.7 Å². The van der Waals surface area contributed by atoms with Gasteiger partial charge < -0.3 is 5.11 Å². The summed E-state index contributed by atoms with van der Waals surface area (Å²) in [5, 5.41) is 9.04. The van der Waals surface area contributed by atoms with Crippen LogP contribution in [0.3, 0.4) is 0 Å². The molecule has 2 rings (SSSR count). The molecule has 3 N–H and O–H groups in total. The van der Waals surface area contributed by atoms with E-state index in [1.807, 2.05) is 0 Å². The zero-order valence-electron chi connectivity index (χ0n) is 14.2. The lowest BCUT2D eigenvalue weighted by Crippen LogP contribution is -2.30. The van der Waals surface area contributed by atoms with E-state index in [0.717, 1.165) is 0 Å². The van der Waals surface area contributed by atoms with Crippen molar-refractivity contribution in [3.8, 4) is 0 Å². The fourth-order valence-electron chi connectivity index (χ4n) is 2.08. The van der Waals surface area contributed by atoms with E-state index in [4.69, 9.17) is 5.11 Å². The van der Waals surface area contributed by atoms with Crippen molar-refractivity contribution in [3.05, 3.63) is 40.8 Å². The van der Waals surface area contributed by atoms with Gasteiger partial charge in [0, 0.05) is 11.7 Å². The predicted molar refractivity (Wildman–Crippen MR) is 98.7 cm³/mol. The van der Waals surface area contributed by atoms with Crippen LogP contribution in [-0.4, -0.2) is 34.0 Å². The Bertz CT molecular complexity index is 1020. The number of rotatable bonds is 7.